The van der Waals surface area contributed by atoms with Crippen molar-refractivity contribution in [3.05, 3.63) is 18.6 Å². The highest BCUT2D eigenvalue weighted by molar-refractivity contribution is 7.62. The van der Waals surface area contributed by atoms with E-state index in [2.05, 4.69) is 33.3 Å². The second-order valence-corrected chi connectivity index (χ2v) is 9.31. The van der Waals surface area contributed by atoms with Crippen LogP contribution in [0.25, 0.3) is 5.70 Å². The second-order valence-electron chi connectivity index (χ2n) is 6.14. The molecule has 1 aromatic heterocycles. The van der Waals surface area contributed by atoms with Gasteiger partial charge in [0, 0.05) is 13.1 Å². The van der Waals surface area contributed by atoms with Gasteiger partial charge >= 0.3 is 8.18 Å². The van der Waals surface area contributed by atoms with E-state index in [4.69, 9.17) is 15.0 Å². The van der Waals surface area contributed by atoms with Gasteiger partial charge in [0.15, 0.2) is 11.8 Å². The Morgan fingerprint density at radius 2 is 2.42 bits per heavy atom. The summed E-state index contributed by atoms with van der Waals surface area (Å²) in [6, 6.07) is -0.468. The van der Waals surface area contributed by atoms with Crippen LogP contribution in [0.2, 0.25) is 0 Å². The number of ether oxygens (including phenoxy) is 1. The molecular weight excluding hydrogens is 382 g/mol. The van der Waals surface area contributed by atoms with E-state index < -0.39 is 33.9 Å². The third-order valence-corrected chi connectivity index (χ3v) is 5.16. The maximum atomic E-state index is 11.2. The van der Waals surface area contributed by atoms with E-state index in [-0.39, 0.29) is 12.6 Å². The van der Waals surface area contributed by atoms with Crippen LogP contribution in [0.15, 0.2) is 17.9 Å². The molecule has 0 aliphatic carbocycles. The maximum Gasteiger partial charge on any atom is 0.610 e. The molecule has 13 heteroatoms. The number of nitrogens with two attached hydrogens (primary N) is 1. The van der Waals surface area contributed by atoms with Gasteiger partial charge < -0.3 is 25.2 Å². The highest BCUT2D eigenvalue weighted by Crippen LogP contribution is 2.40. The molecule has 1 aromatic rings. The van der Waals surface area contributed by atoms with Gasteiger partial charge in [-0.2, -0.15) is 4.99 Å². The topological polar surface area (TPSA) is 156 Å². The van der Waals surface area contributed by atoms with Crippen molar-refractivity contribution in [1.82, 2.24) is 20.0 Å². The number of aromatic nitrogens is 2. The zero-order chi connectivity index (χ0) is 19.1. The SMILES string of the molecule is C=C1NC(N)=Nc2c1ncn2[C@H]1C[C@H](N[P+](=O)O)[C@@H](COP(=C)(C)O)O1. The summed E-state index contributed by atoms with van der Waals surface area (Å²) in [6.07, 6.45) is 4.40. The van der Waals surface area contributed by atoms with Crippen molar-refractivity contribution >= 4 is 39.3 Å². The van der Waals surface area contributed by atoms with Crippen LogP contribution in [-0.4, -0.2) is 57.0 Å². The van der Waals surface area contributed by atoms with Crippen LogP contribution in [0.1, 0.15) is 18.3 Å². The normalized spacial score (nSPS) is 28.1. The summed E-state index contributed by atoms with van der Waals surface area (Å²) in [5.41, 5.74) is 6.82. The number of guanidine groups is 1. The van der Waals surface area contributed by atoms with Gasteiger partial charge in [-0.15, -0.1) is 4.89 Å². The zero-order valence-corrected chi connectivity index (χ0v) is 15.9. The molecule has 2 unspecified atom stereocenters. The molecule has 3 rings (SSSR count). The van der Waals surface area contributed by atoms with Crippen LogP contribution in [0, 0.1) is 0 Å². The number of fused-ring (bicyclic) bond motifs is 1. The Bertz CT molecular complexity index is 818. The van der Waals surface area contributed by atoms with Crippen LogP contribution in [0.5, 0.6) is 0 Å². The van der Waals surface area contributed by atoms with Gasteiger partial charge in [-0.25, -0.2) is 4.98 Å². The van der Waals surface area contributed by atoms with Crippen molar-refractivity contribution in [2.75, 3.05) is 13.3 Å². The van der Waals surface area contributed by atoms with Crippen molar-refractivity contribution in [2.45, 2.75) is 24.8 Å². The summed E-state index contributed by atoms with van der Waals surface area (Å²) in [6.45, 7) is 5.37. The predicted octanol–water partition coefficient (Wildman–Crippen LogP) is 0.217. The molecule has 1 saturated heterocycles. The minimum absolute atomic E-state index is 0.0260. The summed E-state index contributed by atoms with van der Waals surface area (Å²) < 4.78 is 24.2. The predicted molar refractivity (Wildman–Crippen MR) is 99.1 cm³/mol. The molecule has 0 radical (unpaired) electrons. The Balaban J connectivity index is 1.83. The first-order valence-electron chi connectivity index (χ1n) is 7.67. The van der Waals surface area contributed by atoms with E-state index in [1.807, 2.05) is 0 Å². The standard InChI is InChI=1S/C13H20N6O5P2/c1-7-11-12(17-13(14)16-7)19(6-15-11)10-4-8(18-25(20)21)9(24-10)5-23-26(2,3)22/h6,8-10H,1-2,4-5H2,3H3,(H5-,14,16,17,18,20,21,22)/p+1/t8-,9+,10+,26?/m0/s1. The molecule has 26 heavy (non-hydrogen) atoms. The first kappa shape index (κ1) is 19.2. The van der Waals surface area contributed by atoms with Crippen LogP contribution in [0.3, 0.4) is 0 Å². The van der Waals surface area contributed by atoms with Crippen molar-refractivity contribution in [2.24, 2.45) is 10.7 Å². The molecule has 2 aliphatic heterocycles. The van der Waals surface area contributed by atoms with Gasteiger partial charge in [0.1, 0.15) is 25.4 Å². The Hall–Kier alpha value is -1.58. The summed E-state index contributed by atoms with van der Waals surface area (Å²) in [5, 5.41) is 5.36. The first-order valence-corrected chi connectivity index (χ1v) is 11.2. The van der Waals surface area contributed by atoms with Crippen LogP contribution < -0.4 is 16.1 Å². The Labute approximate surface area is 151 Å². The van der Waals surface area contributed by atoms with Gasteiger partial charge in [-0.3, -0.25) is 4.57 Å². The monoisotopic (exact) mass is 403 g/mol. The molecule has 3 heterocycles. The molecule has 0 bridgehead atoms. The molecule has 0 aromatic carbocycles. The van der Waals surface area contributed by atoms with Crippen LogP contribution in [0.4, 0.5) is 5.82 Å². The lowest BCUT2D eigenvalue weighted by Gasteiger charge is -2.20. The summed E-state index contributed by atoms with van der Waals surface area (Å²) in [7, 11) is -5.29. The molecule has 11 nitrogen and oxygen atoms in total. The van der Waals surface area contributed by atoms with Gasteiger partial charge in [-0.05, 0) is 4.57 Å². The maximum absolute atomic E-state index is 11.2. The molecule has 6 N–H and O–H groups in total. The van der Waals surface area contributed by atoms with Crippen molar-refractivity contribution in [3.63, 3.8) is 0 Å². The van der Waals surface area contributed by atoms with Crippen molar-refractivity contribution in [1.29, 1.82) is 0 Å². The number of nitrogens with one attached hydrogen (secondary N) is 2. The van der Waals surface area contributed by atoms with E-state index in [1.165, 1.54) is 6.66 Å². The van der Waals surface area contributed by atoms with Gasteiger partial charge in [0.2, 0.25) is 0 Å². The lowest BCUT2D eigenvalue weighted by atomic mass is 10.1. The lowest BCUT2D eigenvalue weighted by Crippen LogP contribution is -2.35. The number of hydrogen-bond acceptors (Lipinski definition) is 8. The minimum Gasteiger partial charge on any atom is -0.369 e. The van der Waals surface area contributed by atoms with E-state index in [1.54, 1.807) is 10.9 Å². The largest absolute Gasteiger partial charge is 0.610 e. The van der Waals surface area contributed by atoms with Crippen LogP contribution in [-0.2, 0) is 13.8 Å². The number of imidazole rings is 1. The first-order chi connectivity index (χ1) is 12.1. The van der Waals surface area contributed by atoms with E-state index in [9.17, 15) is 14.4 Å². The summed E-state index contributed by atoms with van der Waals surface area (Å²) in [4.78, 5) is 27.5. The molecule has 0 saturated carbocycles. The summed E-state index contributed by atoms with van der Waals surface area (Å²) >= 11 is 0. The number of aliphatic imine (C=N–C) groups is 1. The van der Waals surface area contributed by atoms with Crippen LogP contribution >= 0.6 is 15.5 Å². The zero-order valence-electron chi connectivity index (χ0n) is 14.1. The fraction of sp³-hybridized carbons (Fsp3) is 0.462. The third-order valence-electron chi connectivity index (χ3n) is 3.90. The number of rotatable bonds is 6. The fourth-order valence-corrected chi connectivity index (χ4v) is 3.84. The minimum atomic E-state index is -2.71. The average molecular weight is 403 g/mol. The molecule has 2 aliphatic rings. The molecule has 5 atom stereocenters. The highest BCUT2D eigenvalue weighted by atomic mass is 31.2. The molecule has 1 fully saturated rings. The molecule has 142 valence electrons. The molecular formula is C13H21N6O5P2+. The fourth-order valence-electron chi connectivity index (χ4n) is 2.81. The Kier molecular flexibility index (Phi) is 5.32. The van der Waals surface area contributed by atoms with Gasteiger partial charge in [-0.1, -0.05) is 18.0 Å². The molecule has 0 spiro atoms. The Morgan fingerprint density at radius 3 is 3.08 bits per heavy atom. The van der Waals surface area contributed by atoms with E-state index in [0.717, 1.165) is 0 Å². The molecule has 0 amide bonds. The average Bonchev–Trinajstić information content (AvgIpc) is 3.07. The quantitative estimate of drug-likeness (QED) is 0.419. The van der Waals surface area contributed by atoms with E-state index >= 15 is 0 Å². The lowest BCUT2D eigenvalue weighted by molar-refractivity contribution is -0.0200. The highest BCUT2D eigenvalue weighted by Gasteiger charge is 2.42. The Morgan fingerprint density at radius 1 is 1.69 bits per heavy atom. The summed E-state index contributed by atoms with van der Waals surface area (Å²) in [5.74, 6) is 0.676. The second kappa shape index (κ2) is 7.21. The van der Waals surface area contributed by atoms with Crippen molar-refractivity contribution in [3.8, 4) is 0 Å². The van der Waals surface area contributed by atoms with Gasteiger partial charge in [0.25, 0.3) is 0 Å². The number of nitrogens with zero attached hydrogens (tertiary/aromatic N) is 3. The van der Waals surface area contributed by atoms with Crippen molar-refractivity contribution < 1.29 is 23.6 Å². The number of hydrogen-bond donors (Lipinski definition) is 5. The third kappa shape index (κ3) is 4.21. The van der Waals surface area contributed by atoms with E-state index in [0.29, 0.717) is 23.6 Å². The smallest absolute Gasteiger partial charge is 0.369 e. The van der Waals surface area contributed by atoms with Gasteiger partial charge in [0.05, 0.1) is 24.7 Å².